The molecule has 0 unspecified atom stereocenters. The molecule has 0 aliphatic heterocycles. The number of carbonyl (C=O) groups excluding carboxylic acids is 2. The van der Waals surface area contributed by atoms with Gasteiger partial charge in [-0.25, -0.2) is 21.7 Å². The molecule has 0 spiro atoms. The lowest BCUT2D eigenvalue weighted by molar-refractivity contribution is 0.0939. The quantitative estimate of drug-likeness (QED) is 0.346. The van der Waals surface area contributed by atoms with Crippen molar-refractivity contribution in [2.24, 2.45) is 11.7 Å². The van der Waals surface area contributed by atoms with E-state index >= 15 is 0 Å². The largest absolute Gasteiger partial charge is 0.289 e. The summed E-state index contributed by atoms with van der Waals surface area (Å²) in [6, 6.07) is 0. The zero-order valence-corrected chi connectivity index (χ0v) is 17.2. The van der Waals surface area contributed by atoms with Crippen molar-refractivity contribution in [3.05, 3.63) is 47.6 Å². The van der Waals surface area contributed by atoms with Crippen LogP contribution in [0.4, 0.5) is 0 Å². The second-order valence-corrected chi connectivity index (χ2v) is 5.87. The van der Waals surface area contributed by atoms with Crippen LogP contribution in [0.2, 0.25) is 0 Å². The van der Waals surface area contributed by atoms with E-state index in [1.165, 1.54) is 12.4 Å². The lowest BCUT2D eigenvalue weighted by Gasteiger charge is -2.07. The van der Waals surface area contributed by atoms with E-state index in [1.54, 1.807) is 12.4 Å². The molecular formula is C18H30N8O2. The topological polar surface area (TPSA) is 162 Å². The molecule has 0 saturated carbocycles. The van der Waals surface area contributed by atoms with Gasteiger partial charge in [-0.15, -0.1) is 0 Å². The monoisotopic (exact) mass is 390 g/mol. The van der Waals surface area contributed by atoms with Gasteiger partial charge in [-0.1, -0.05) is 41.5 Å². The Bertz CT molecular complexity index is 733. The van der Waals surface area contributed by atoms with Crippen molar-refractivity contribution in [2.75, 3.05) is 0 Å². The molecule has 0 saturated heterocycles. The van der Waals surface area contributed by atoms with Crippen LogP contribution in [0.5, 0.6) is 0 Å². The molecule has 10 nitrogen and oxygen atoms in total. The van der Waals surface area contributed by atoms with Crippen molar-refractivity contribution in [1.29, 1.82) is 0 Å². The molecule has 2 rings (SSSR count). The van der Waals surface area contributed by atoms with Gasteiger partial charge in [-0.3, -0.25) is 30.4 Å². The maximum absolute atomic E-state index is 11.2. The Balaban J connectivity index is 0.000000478. The number of aromatic nitrogens is 4. The third-order valence-electron chi connectivity index (χ3n) is 3.25. The van der Waals surface area contributed by atoms with Crippen LogP contribution in [0.15, 0.2) is 24.8 Å². The van der Waals surface area contributed by atoms with Gasteiger partial charge in [0.25, 0.3) is 11.8 Å². The summed E-state index contributed by atoms with van der Waals surface area (Å²) in [7, 11) is 0. The molecule has 10 heteroatoms. The van der Waals surface area contributed by atoms with Crippen LogP contribution in [0.25, 0.3) is 0 Å². The Morgan fingerprint density at radius 2 is 1.39 bits per heavy atom. The summed E-state index contributed by atoms with van der Waals surface area (Å²) < 4.78 is 0. The number of hydrogen-bond donors (Lipinski definition) is 4. The molecule has 0 aromatic carbocycles. The van der Waals surface area contributed by atoms with Crippen LogP contribution in [0.1, 0.15) is 85.7 Å². The predicted octanol–water partition coefficient (Wildman–Crippen LogP) is 1.43. The fourth-order valence-corrected chi connectivity index (χ4v) is 1.84. The zero-order valence-electron chi connectivity index (χ0n) is 17.2. The van der Waals surface area contributed by atoms with Gasteiger partial charge in [-0.05, 0) is 11.8 Å². The van der Waals surface area contributed by atoms with E-state index < -0.39 is 11.8 Å². The van der Waals surface area contributed by atoms with Crippen LogP contribution < -0.4 is 22.5 Å². The van der Waals surface area contributed by atoms with E-state index in [-0.39, 0.29) is 11.6 Å². The molecule has 0 radical (unpaired) electrons. The van der Waals surface area contributed by atoms with E-state index in [0.29, 0.717) is 17.3 Å². The number of amides is 2. The molecule has 0 aliphatic rings. The van der Waals surface area contributed by atoms with Crippen LogP contribution >= 0.6 is 0 Å². The highest BCUT2D eigenvalue weighted by Gasteiger charge is 2.14. The van der Waals surface area contributed by atoms with E-state index in [1.807, 2.05) is 52.4 Å². The number of hydrazine groups is 2. The summed E-state index contributed by atoms with van der Waals surface area (Å²) in [4.78, 5) is 38.1. The smallest absolute Gasteiger partial charge is 0.285 e. The first kappa shape index (κ1) is 25.0. The second-order valence-electron chi connectivity index (χ2n) is 5.87. The summed E-state index contributed by atoms with van der Waals surface area (Å²) >= 11 is 0. The number of nitrogen functional groups attached to an aromatic ring is 2. The van der Waals surface area contributed by atoms with Crippen LogP contribution in [0, 0.1) is 0 Å². The van der Waals surface area contributed by atoms with Crippen molar-refractivity contribution in [1.82, 2.24) is 30.8 Å². The minimum atomic E-state index is -0.428. The maximum Gasteiger partial charge on any atom is 0.285 e. The number of rotatable bonds is 4. The van der Waals surface area contributed by atoms with Crippen molar-refractivity contribution < 1.29 is 9.59 Å². The van der Waals surface area contributed by atoms with Crippen LogP contribution in [0.3, 0.4) is 0 Å². The Kier molecular flexibility index (Phi) is 11.8. The van der Waals surface area contributed by atoms with Gasteiger partial charge in [0.1, 0.15) is 5.69 Å². The average molecular weight is 390 g/mol. The summed E-state index contributed by atoms with van der Waals surface area (Å²) in [5, 5.41) is 0. The Morgan fingerprint density at radius 3 is 1.82 bits per heavy atom. The first-order valence-electron chi connectivity index (χ1n) is 8.96. The standard InChI is InChI=1S/2C8H12N4O.C2H6/c1-5(2)6-3-11-7(4-10-6)8(13)12-9;1-5(2)6-7(8(13)12-9)11-4-3-10-6;1-2/h2*3-5H,9H2,1-2H3,(H,12,13);1-2H3. The average Bonchev–Trinajstić information content (AvgIpc) is 2.74. The number of nitrogens with one attached hydrogen (secondary N) is 2. The minimum absolute atomic E-state index is 0.154. The minimum Gasteiger partial charge on any atom is -0.289 e. The van der Waals surface area contributed by atoms with E-state index in [4.69, 9.17) is 11.7 Å². The number of carbonyl (C=O) groups is 2. The normalized spacial score (nSPS) is 9.64. The first-order chi connectivity index (χ1) is 13.3. The first-order valence-corrected chi connectivity index (χ1v) is 8.96. The van der Waals surface area contributed by atoms with E-state index in [9.17, 15) is 9.59 Å². The Labute approximate surface area is 165 Å². The number of nitrogens with zero attached hydrogens (tertiary/aromatic N) is 4. The Hall–Kier alpha value is -2.98. The molecule has 2 aromatic heterocycles. The van der Waals surface area contributed by atoms with Crippen LogP contribution in [-0.2, 0) is 0 Å². The van der Waals surface area contributed by atoms with Gasteiger partial charge < -0.3 is 0 Å². The van der Waals surface area contributed by atoms with E-state index in [0.717, 1.165) is 5.69 Å². The highest BCUT2D eigenvalue weighted by Crippen LogP contribution is 2.13. The molecule has 0 atom stereocenters. The molecule has 28 heavy (non-hydrogen) atoms. The molecule has 154 valence electrons. The lowest BCUT2D eigenvalue weighted by Crippen LogP contribution is -2.32. The molecule has 0 aliphatic carbocycles. The fourth-order valence-electron chi connectivity index (χ4n) is 1.84. The second kappa shape index (κ2) is 13.2. The SMILES string of the molecule is CC.CC(C)c1cnc(C(=O)NN)cn1.CC(C)c1nccnc1C(=O)NN. The van der Waals surface area contributed by atoms with Gasteiger partial charge >= 0.3 is 0 Å². The van der Waals surface area contributed by atoms with Gasteiger partial charge in [-0.2, -0.15) is 0 Å². The third-order valence-corrected chi connectivity index (χ3v) is 3.25. The summed E-state index contributed by atoms with van der Waals surface area (Å²) in [6.45, 7) is 11.9. The fraction of sp³-hybridized carbons (Fsp3) is 0.444. The van der Waals surface area contributed by atoms with Crippen molar-refractivity contribution >= 4 is 11.8 Å². The molecule has 2 amide bonds. The van der Waals surface area contributed by atoms with Gasteiger partial charge in [0.2, 0.25) is 0 Å². The molecule has 0 bridgehead atoms. The van der Waals surface area contributed by atoms with Crippen LogP contribution in [-0.4, -0.2) is 31.8 Å². The van der Waals surface area contributed by atoms with Gasteiger partial charge in [0.15, 0.2) is 5.69 Å². The molecule has 6 N–H and O–H groups in total. The van der Waals surface area contributed by atoms with Gasteiger partial charge in [0, 0.05) is 18.6 Å². The van der Waals surface area contributed by atoms with E-state index in [2.05, 4.69) is 19.9 Å². The van der Waals surface area contributed by atoms with Crippen molar-refractivity contribution in [3.63, 3.8) is 0 Å². The van der Waals surface area contributed by atoms with Crippen molar-refractivity contribution in [2.45, 2.75) is 53.4 Å². The number of nitrogens with two attached hydrogens (primary N) is 2. The number of hydrogen-bond acceptors (Lipinski definition) is 8. The third kappa shape index (κ3) is 7.72. The summed E-state index contributed by atoms with van der Waals surface area (Å²) in [5.41, 5.74) is 6.06. The summed E-state index contributed by atoms with van der Waals surface area (Å²) in [5.74, 6) is 9.57. The molecule has 2 heterocycles. The Morgan fingerprint density at radius 1 is 0.821 bits per heavy atom. The molecule has 0 fully saturated rings. The zero-order chi connectivity index (χ0) is 21.7. The van der Waals surface area contributed by atoms with Gasteiger partial charge in [0.05, 0.1) is 17.6 Å². The predicted molar refractivity (Wildman–Crippen MR) is 107 cm³/mol. The van der Waals surface area contributed by atoms with Crippen molar-refractivity contribution in [3.8, 4) is 0 Å². The molecular weight excluding hydrogens is 360 g/mol. The lowest BCUT2D eigenvalue weighted by atomic mass is 10.1. The maximum atomic E-state index is 11.2. The summed E-state index contributed by atoms with van der Waals surface area (Å²) in [6.07, 6.45) is 6.02. The highest BCUT2D eigenvalue weighted by atomic mass is 16.2. The highest BCUT2D eigenvalue weighted by molar-refractivity contribution is 5.93. The molecule has 2 aromatic rings.